The zero-order chi connectivity index (χ0) is 33.7. The van der Waals surface area contributed by atoms with Crippen molar-refractivity contribution in [1.82, 2.24) is 24.9 Å². The molecule has 10 aromatic rings. The van der Waals surface area contributed by atoms with Crippen LogP contribution in [0.1, 0.15) is 0 Å². The van der Waals surface area contributed by atoms with E-state index in [2.05, 4.69) is 131 Å². The number of nitrogens with zero attached hydrogens (tertiary/aromatic N) is 5. The van der Waals surface area contributed by atoms with E-state index in [9.17, 15) is 0 Å². The van der Waals surface area contributed by atoms with E-state index in [1.54, 1.807) is 11.3 Å². The highest BCUT2D eigenvalue weighted by molar-refractivity contribution is 7.25. The molecular weight excluding hydrogens is 643 g/mol. The molecule has 5 nitrogen and oxygen atoms in total. The Morgan fingerprint density at radius 1 is 0.353 bits per heavy atom. The van der Waals surface area contributed by atoms with Crippen LogP contribution in [0.2, 0.25) is 0 Å². The molecule has 6 aromatic carbocycles. The Hall–Kier alpha value is -6.63. The molecule has 51 heavy (non-hydrogen) atoms. The van der Waals surface area contributed by atoms with Gasteiger partial charge in [-0.2, -0.15) is 0 Å². The second-order valence-corrected chi connectivity index (χ2v) is 13.6. The van der Waals surface area contributed by atoms with Gasteiger partial charge in [0.25, 0.3) is 0 Å². The number of hydrogen-bond acceptors (Lipinski definition) is 6. The van der Waals surface area contributed by atoms with Crippen molar-refractivity contribution in [3.05, 3.63) is 164 Å². The molecule has 6 heteroatoms. The predicted octanol–water partition coefficient (Wildman–Crippen LogP) is 11.7. The van der Waals surface area contributed by atoms with Gasteiger partial charge in [-0.1, -0.05) is 97.1 Å². The maximum atomic E-state index is 5.29. The lowest BCUT2D eigenvalue weighted by molar-refractivity contribution is 1.08. The summed E-state index contributed by atoms with van der Waals surface area (Å²) in [6.45, 7) is 0. The van der Waals surface area contributed by atoms with Crippen LogP contribution in [0.25, 0.3) is 98.4 Å². The van der Waals surface area contributed by atoms with Gasteiger partial charge >= 0.3 is 0 Å². The Bertz CT molecular complexity index is 2830. The first kappa shape index (κ1) is 29.3. The van der Waals surface area contributed by atoms with Crippen LogP contribution in [0, 0.1) is 0 Å². The molecule has 0 saturated carbocycles. The van der Waals surface area contributed by atoms with Crippen LogP contribution < -0.4 is 0 Å². The van der Waals surface area contributed by atoms with Crippen LogP contribution in [-0.4, -0.2) is 24.9 Å². The van der Waals surface area contributed by atoms with Gasteiger partial charge in [0.15, 0.2) is 17.5 Å². The minimum Gasteiger partial charge on any atom is -0.256 e. The third kappa shape index (κ3) is 5.12. The zero-order valence-electron chi connectivity index (χ0n) is 27.2. The van der Waals surface area contributed by atoms with Crippen molar-refractivity contribution in [2.45, 2.75) is 0 Å². The number of fused-ring (bicyclic) bond motifs is 5. The highest BCUT2D eigenvalue weighted by Crippen LogP contribution is 2.41. The molecule has 10 rings (SSSR count). The molecule has 0 bridgehead atoms. The van der Waals surface area contributed by atoms with E-state index >= 15 is 0 Å². The molecule has 0 aliphatic carbocycles. The standard InChI is InChI=1S/C45H27N5S/c1-2-11-28(12-3-1)43-48-44(50-45(49-43)37-16-8-22-41-42(37)36-13-4-5-21-40(36)51-41)31-26-29(32-14-6-19-38-34(32)17-9-23-46-38)25-30(27-31)33-15-7-20-39-35(33)18-10-24-47-39/h1-27H. The molecule has 0 radical (unpaired) electrons. The average molecular weight is 670 g/mol. The second-order valence-electron chi connectivity index (χ2n) is 12.5. The molecule has 4 aromatic heterocycles. The fraction of sp³-hybridized carbons (Fsp3) is 0. The van der Waals surface area contributed by atoms with Gasteiger partial charge in [-0.05, 0) is 76.9 Å². The number of hydrogen-bond donors (Lipinski definition) is 0. The third-order valence-corrected chi connectivity index (χ3v) is 10.6. The Morgan fingerprint density at radius 2 is 0.882 bits per heavy atom. The van der Waals surface area contributed by atoms with Crippen LogP contribution in [0.5, 0.6) is 0 Å². The van der Waals surface area contributed by atoms with Gasteiger partial charge in [0.1, 0.15) is 0 Å². The van der Waals surface area contributed by atoms with Gasteiger partial charge in [0, 0.05) is 60.0 Å². The van der Waals surface area contributed by atoms with Gasteiger partial charge in [0.2, 0.25) is 0 Å². The van der Waals surface area contributed by atoms with Gasteiger partial charge < -0.3 is 0 Å². The van der Waals surface area contributed by atoms with Crippen LogP contribution in [-0.2, 0) is 0 Å². The summed E-state index contributed by atoms with van der Waals surface area (Å²) in [5.41, 5.74) is 8.99. The van der Waals surface area contributed by atoms with Crippen molar-refractivity contribution >= 4 is 53.3 Å². The largest absolute Gasteiger partial charge is 0.256 e. The maximum absolute atomic E-state index is 5.29. The second kappa shape index (κ2) is 12.1. The summed E-state index contributed by atoms with van der Waals surface area (Å²) < 4.78 is 2.44. The van der Waals surface area contributed by atoms with Crippen molar-refractivity contribution in [3.8, 4) is 56.4 Å². The molecule has 0 fully saturated rings. The summed E-state index contributed by atoms with van der Waals surface area (Å²) in [5, 5.41) is 4.53. The van der Waals surface area contributed by atoms with E-state index in [1.807, 2.05) is 42.7 Å². The first-order valence-electron chi connectivity index (χ1n) is 16.8. The highest BCUT2D eigenvalue weighted by atomic mass is 32.1. The van der Waals surface area contributed by atoms with Crippen molar-refractivity contribution in [2.75, 3.05) is 0 Å². The number of rotatable bonds is 5. The lowest BCUT2D eigenvalue weighted by Crippen LogP contribution is -2.01. The average Bonchev–Trinajstić information content (AvgIpc) is 3.59. The smallest absolute Gasteiger partial charge is 0.164 e. The molecule has 0 aliphatic heterocycles. The SMILES string of the molecule is c1ccc(-c2nc(-c3cc(-c4cccc5ncccc45)cc(-c4cccc5ncccc45)c3)nc(-c3cccc4sc5ccccc5c34)n2)cc1. The lowest BCUT2D eigenvalue weighted by Gasteiger charge is -2.14. The topological polar surface area (TPSA) is 64.5 Å². The van der Waals surface area contributed by atoms with Gasteiger partial charge in [-0.3, -0.25) is 9.97 Å². The zero-order valence-corrected chi connectivity index (χ0v) is 28.0. The number of thiophene rings is 1. The molecule has 0 spiro atoms. The van der Waals surface area contributed by atoms with Crippen LogP contribution in [0.15, 0.2) is 164 Å². The minimum absolute atomic E-state index is 0.607. The molecule has 4 heterocycles. The number of pyridine rings is 2. The van der Waals surface area contributed by atoms with E-state index in [0.717, 1.165) is 66.1 Å². The quantitative estimate of drug-likeness (QED) is 0.182. The lowest BCUT2D eigenvalue weighted by atomic mass is 9.92. The Morgan fingerprint density at radius 3 is 1.59 bits per heavy atom. The first-order valence-corrected chi connectivity index (χ1v) is 17.6. The highest BCUT2D eigenvalue weighted by Gasteiger charge is 2.19. The van der Waals surface area contributed by atoms with E-state index in [1.165, 1.54) is 14.8 Å². The first-order chi connectivity index (χ1) is 25.3. The van der Waals surface area contributed by atoms with E-state index < -0.39 is 0 Å². The summed E-state index contributed by atoms with van der Waals surface area (Å²) in [5.74, 6) is 1.88. The summed E-state index contributed by atoms with van der Waals surface area (Å²) >= 11 is 1.79. The van der Waals surface area contributed by atoms with Crippen molar-refractivity contribution in [1.29, 1.82) is 0 Å². The van der Waals surface area contributed by atoms with Crippen molar-refractivity contribution < 1.29 is 0 Å². The van der Waals surface area contributed by atoms with Gasteiger partial charge in [-0.15, -0.1) is 11.3 Å². The minimum atomic E-state index is 0.607. The Kier molecular flexibility index (Phi) is 6.93. The van der Waals surface area contributed by atoms with Crippen LogP contribution in [0.3, 0.4) is 0 Å². The Labute approximate surface area is 297 Å². The van der Waals surface area contributed by atoms with Crippen LogP contribution in [0.4, 0.5) is 0 Å². The van der Waals surface area contributed by atoms with Gasteiger partial charge in [0.05, 0.1) is 11.0 Å². The summed E-state index contributed by atoms with van der Waals surface area (Å²) in [4.78, 5) is 24.9. The van der Waals surface area contributed by atoms with E-state index in [-0.39, 0.29) is 0 Å². The molecule has 0 aliphatic rings. The third-order valence-electron chi connectivity index (χ3n) is 9.42. The normalized spacial score (nSPS) is 11.5. The molecule has 0 amide bonds. The number of benzene rings is 6. The molecular formula is C45H27N5S. The van der Waals surface area contributed by atoms with Crippen molar-refractivity contribution in [3.63, 3.8) is 0 Å². The maximum Gasteiger partial charge on any atom is 0.164 e. The van der Waals surface area contributed by atoms with Crippen LogP contribution >= 0.6 is 11.3 Å². The number of aromatic nitrogens is 5. The monoisotopic (exact) mass is 669 g/mol. The van der Waals surface area contributed by atoms with E-state index in [4.69, 9.17) is 15.0 Å². The molecule has 0 N–H and O–H groups in total. The predicted molar refractivity (Wildman–Crippen MR) is 210 cm³/mol. The fourth-order valence-electron chi connectivity index (χ4n) is 7.08. The summed E-state index contributed by atoms with van der Waals surface area (Å²) in [6.07, 6.45) is 3.68. The van der Waals surface area contributed by atoms with Gasteiger partial charge in [-0.25, -0.2) is 15.0 Å². The van der Waals surface area contributed by atoms with Crippen molar-refractivity contribution in [2.24, 2.45) is 0 Å². The Balaban J connectivity index is 1.27. The summed E-state index contributed by atoms with van der Waals surface area (Å²) in [6, 6.07) is 52.6. The van der Waals surface area contributed by atoms with E-state index in [0.29, 0.717) is 17.5 Å². The molecule has 238 valence electrons. The summed E-state index contributed by atoms with van der Waals surface area (Å²) in [7, 11) is 0. The fourth-order valence-corrected chi connectivity index (χ4v) is 8.21. The molecule has 0 atom stereocenters. The molecule has 0 saturated heterocycles. The molecule has 0 unspecified atom stereocenters.